The Kier molecular flexibility index (Phi) is 6.67. The van der Waals surface area contributed by atoms with Crippen LogP contribution in [0.5, 0.6) is 0 Å². The molecule has 0 bridgehead atoms. The quantitative estimate of drug-likeness (QED) is 0.670. The van der Waals surface area contributed by atoms with Crippen LogP contribution in [0.2, 0.25) is 0 Å². The molecule has 0 aromatic rings. The molecule has 1 heterocycles. The average molecular weight is 257 g/mol. The lowest BCUT2D eigenvalue weighted by Gasteiger charge is -2.26. The first kappa shape index (κ1) is 14.9. The Morgan fingerprint density at radius 3 is 2.61 bits per heavy atom. The Morgan fingerprint density at radius 2 is 2.00 bits per heavy atom. The van der Waals surface area contributed by atoms with E-state index in [1.807, 2.05) is 4.90 Å². The summed E-state index contributed by atoms with van der Waals surface area (Å²) in [5.41, 5.74) is 5.56. The Hall–Kier alpha value is -1.14. The van der Waals surface area contributed by atoms with Gasteiger partial charge in [-0.2, -0.15) is 0 Å². The van der Waals surface area contributed by atoms with E-state index in [0.29, 0.717) is 13.0 Å². The van der Waals surface area contributed by atoms with Crippen LogP contribution in [0.1, 0.15) is 25.7 Å². The molecule has 1 saturated heterocycles. The number of hydrogen-bond donors (Lipinski definition) is 2. The van der Waals surface area contributed by atoms with Crippen LogP contribution in [0, 0.1) is 0 Å². The van der Waals surface area contributed by atoms with E-state index in [-0.39, 0.29) is 18.4 Å². The van der Waals surface area contributed by atoms with E-state index in [2.05, 4.69) is 5.32 Å². The number of likely N-dealkylation sites (tertiary alicyclic amines) is 1. The molecule has 104 valence electrons. The number of piperidine rings is 1. The molecule has 0 aromatic carbocycles. The molecule has 3 N–H and O–H groups in total. The first-order chi connectivity index (χ1) is 8.65. The number of carbonyl (C=O) groups excluding carboxylic acids is 2. The van der Waals surface area contributed by atoms with Crippen molar-refractivity contribution in [3.05, 3.63) is 0 Å². The molecule has 18 heavy (non-hydrogen) atoms. The number of methoxy groups -OCH3 is 1. The number of ether oxygens (including phenoxy) is 1. The van der Waals surface area contributed by atoms with Crippen molar-refractivity contribution in [2.24, 2.45) is 5.73 Å². The zero-order valence-electron chi connectivity index (χ0n) is 11.0. The molecule has 6 nitrogen and oxygen atoms in total. The highest BCUT2D eigenvalue weighted by atomic mass is 16.5. The van der Waals surface area contributed by atoms with E-state index < -0.39 is 6.04 Å². The monoisotopic (exact) mass is 257 g/mol. The average Bonchev–Trinajstić information content (AvgIpc) is 2.39. The van der Waals surface area contributed by atoms with Crippen LogP contribution in [-0.2, 0) is 14.3 Å². The minimum Gasteiger partial charge on any atom is -0.383 e. The van der Waals surface area contributed by atoms with Crippen molar-refractivity contribution in [1.82, 2.24) is 10.2 Å². The van der Waals surface area contributed by atoms with Gasteiger partial charge in [-0.15, -0.1) is 0 Å². The van der Waals surface area contributed by atoms with Crippen LogP contribution in [0.25, 0.3) is 0 Å². The zero-order chi connectivity index (χ0) is 13.4. The highest BCUT2D eigenvalue weighted by Crippen LogP contribution is 2.09. The van der Waals surface area contributed by atoms with Gasteiger partial charge in [-0.05, 0) is 19.3 Å². The van der Waals surface area contributed by atoms with E-state index in [4.69, 9.17) is 10.5 Å². The fraction of sp³-hybridized carbons (Fsp3) is 0.833. The zero-order valence-corrected chi connectivity index (χ0v) is 11.0. The topological polar surface area (TPSA) is 84.7 Å². The van der Waals surface area contributed by atoms with E-state index in [1.54, 1.807) is 0 Å². The number of nitrogens with two attached hydrogens (primary N) is 1. The second kappa shape index (κ2) is 8.05. The molecule has 6 heteroatoms. The molecule has 0 aromatic heterocycles. The third-order valence-corrected chi connectivity index (χ3v) is 3.03. The second-order valence-corrected chi connectivity index (χ2v) is 4.54. The van der Waals surface area contributed by atoms with E-state index in [1.165, 1.54) is 13.5 Å². The summed E-state index contributed by atoms with van der Waals surface area (Å²) in [4.78, 5) is 25.1. The van der Waals surface area contributed by atoms with Crippen molar-refractivity contribution in [3.8, 4) is 0 Å². The Morgan fingerprint density at radius 1 is 1.33 bits per heavy atom. The summed E-state index contributed by atoms with van der Waals surface area (Å²) < 4.78 is 4.79. The third kappa shape index (κ3) is 5.01. The lowest BCUT2D eigenvalue weighted by molar-refractivity contribution is -0.132. The molecule has 0 aliphatic carbocycles. The molecule has 0 spiro atoms. The minimum atomic E-state index is -0.667. The predicted molar refractivity (Wildman–Crippen MR) is 67.9 cm³/mol. The van der Waals surface area contributed by atoms with Gasteiger partial charge in [0.1, 0.15) is 6.04 Å². The van der Waals surface area contributed by atoms with Gasteiger partial charge in [-0.25, -0.2) is 0 Å². The van der Waals surface area contributed by atoms with Crippen molar-refractivity contribution in [3.63, 3.8) is 0 Å². The summed E-state index contributed by atoms with van der Waals surface area (Å²) in [5, 5.41) is 2.65. The van der Waals surface area contributed by atoms with Gasteiger partial charge < -0.3 is 20.7 Å². The van der Waals surface area contributed by atoms with E-state index in [0.717, 1.165) is 25.9 Å². The Bertz CT molecular complexity index is 278. The second-order valence-electron chi connectivity index (χ2n) is 4.54. The van der Waals surface area contributed by atoms with Gasteiger partial charge in [0.25, 0.3) is 0 Å². The first-order valence-electron chi connectivity index (χ1n) is 6.45. The standard InChI is InChI=1S/C12H23N3O3/c1-18-9-10(13)12(17)14-6-5-11(16)15-7-3-2-4-8-15/h10H,2-9,13H2,1H3,(H,14,17). The number of nitrogens with zero attached hydrogens (tertiary/aromatic N) is 1. The third-order valence-electron chi connectivity index (χ3n) is 3.03. The van der Waals surface area contributed by atoms with Gasteiger partial charge in [0, 0.05) is 33.2 Å². The van der Waals surface area contributed by atoms with Gasteiger partial charge in [0.2, 0.25) is 11.8 Å². The van der Waals surface area contributed by atoms with E-state index in [9.17, 15) is 9.59 Å². The lowest BCUT2D eigenvalue weighted by atomic mass is 10.1. The van der Waals surface area contributed by atoms with Crippen LogP contribution < -0.4 is 11.1 Å². The lowest BCUT2D eigenvalue weighted by Crippen LogP contribution is -2.45. The van der Waals surface area contributed by atoms with Crippen LogP contribution >= 0.6 is 0 Å². The maximum absolute atomic E-state index is 11.8. The van der Waals surface area contributed by atoms with Gasteiger partial charge in [-0.3, -0.25) is 9.59 Å². The van der Waals surface area contributed by atoms with Crippen molar-refractivity contribution in [2.45, 2.75) is 31.7 Å². The maximum atomic E-state index is 11.8. The minimum absolute atomic E-state index is 0.107. The highest BCUT2D eigenvalue weighted by molar-refractivity contribution is 5.82. The van der Waals surface area contributed by atoms with Crippen molar-refractivity contribution >= 4 is 11.8 Å². The van der Waals surface area contributed by atoms with E-state index >= 15 is 0 Å². The van der Waals surface area contributed by atoms with Crippen LogP contribution in [0.3, 0.4) is 0 Å². The number of hydrogen-bond acceptors (Lipinski definition) is 4. The van der Waals surface area contributed by atoms with Gasteiger partial charge in [0.05, 0.1) is 6.61 Å². The normalized spacial score (nSPS) is 17.3. The molecule has 1 fully saturated rings. The SMILES string of the molecule is COCC(N)C(=O)NCCC(=O)N1CCCCC1. The van der Waals surface area contributed by atoms with Gasteiger partial charge in [-0.1, -0.05) is 0 Å². The molecular formula is C12H23N3O3. The molecule has 1 atom stereocenters. The van der Waals surface area contributed by atoms with Gasteiger partial charge in [0.15, 0.2) is 0 Å². The van der Waals surface area contributed by atoms with Crippen LogP contribution in [-0.4, -0.2) is 56.1 Å². The molecule has 1 unspecified atom stereocenters. The summed E-state index contributed by atoms with van der Waals surface area (Å²) in [6, 6.07) is -0.667. The molecule has 0 radical (unpaired) electrons. The number of amides is 2. The summed E-state index contributed by atoms with van der Waals surface area (Å²) in [5.74, 6) is -0.168. The molecule has 1 aliphatic rings. The Balaban J connectivity index is 2.16. The molecule has 1 rings (SSSR count). The van der Waals surface area contributed by atoms with Crippen molar-refractivity contribution in [2.75, 3.05) is 33.4 Å². The Labute approximate surface area is 108 Å². The molecule has 1 aliphatic heterocycles. The van der Waals surface area contributed by atoms with Crippen LogP contribution in [0.15, 0.2) is 0 Å². The summed E-state index contributed by atoms with van der Waals surface area (Å²) in [7, 11) is 1.49. The van der Waals surface area contributed by atoms with Crippen molar-refractivity contribution in [1.29, 1.82) is 0 Å². The first-order valence-corrected chi connectivity index (χ1v) is 6.45. The largest absolute Gasteiger partial charge is 0.383 e. The fourth-order valence-corrected chi connectivity index (χ4v) is 1.98. The van der Waals surface area contributed by atoms with Gasteiger partial charge >= 0.3 is 0 Å². The fourth-order valence-electron chi connectivity index (χ4n) is 1.98. The van der Waals surface area contributed by atoms with Crippen LogP contribution in [0.4, 0.5) is 0 Å². The molecule has 2 amide bonds. The predicted octanol–water partition coefficient (Wildman–Crippen LogP) is -0.521. The molecular weight excluding hydrogens is 234 g/mol. The smallest absolute Gasteiger partial charge is 0.239 e. The number of rotatable bonds is 6. The number of nitrogens with one attached hydrogen (secondary N) is 1. The molecule has 0 saturated carbocycles. The maximum Gasteiger partial charge on any atom is 0.239 e. The summed E-state index contributed by atoms with van der Waals surface area (Å²) in [6.07, 6.45) is 3.70. The summed E-state index contributed by atoms with van der Waals surface area (Å²) in [6.45, 7) is 2.21. The summed E-state index contributed by atoms with van der Waals surface area (Å²) >= 11 is 0. The highest BCUT2D eigenvalue weighted by Gasteiger charge is 2.17. The number of carbonyl (C=O) groups is 2. The van der Waals surface area contributed by atoms with Crippen molar-refractivity contribution < 1.29 is 14.3 Å².